The summed E-state index contributed by atoms with van der Waals surface area (Å²) in [7, 11) is 0. The molecule has 0 bridgehead atoms. The monoisotopic (exact) mass is 339 g/mol. The van der Waals surface area contributed by atoms with E-state index in [1.165, 1.54) is 44.5 Å². The third-order valence-corrected chi connectivity index (χ3v) is 3.14. The quantitative estimate of drug-likeness (QED) is 0.643. The number of unbranched alkanes of at least 4 members (excludes halogenated alkanes) is 2. The summed E-state index contributed by atoms with van der Waals surface area (Å²) in [5, 5.41) is 15.8. The van der Waals surface area contributed by atoms with E-state index in [1.54, 1.807) is 0 Å². The van der Waals surface area contributed by atoms with Crippen LogP contribution >= 0.6 is 0 Å². The number of rotatable bonds is 11. The maximum Gasteiger partial charge on any atom is 0.329 e. The molecule has 24 heavy (non-hydrogen) atoms. The molecule has 0 aliphatic rings. The highest BCUT2D eigenvalue weighted by Crippen LogP contribution is 2.14. The molecule has 0 amide bonds. The third-order valence-electron chi connectivity index (χ3n) is 3.14. The van der Waals surface area contributed by atoms with Crippen LogP contribution in [0.15, 0.2) is 30.3 Å². The SMILES string of the molecule is CCCCN(CCCC)c1ccccc1.O=C(O)COCC(=O)O. The molecule has 1 aromatic rings. The molecule has 1 aromatic carbocycles. The lowest BCUT2D eigenvalue weighted by molar-refractivity contribution is -0.148. The standard InChI is InChI=1S/C14H23N.C4H6O5/c1-3-5-12-15(13-6-4-2)14-10-8-7-9-11-14;5-3(6)1-9-2-4(7)8/h7-11H,3-6,12-13H2,1-2H3;1-2H2,(H,5,6)(H,7,8). The van der Waals surface area contributed by atoms with Gasteiger partial charge >= 0.3 is 11.9 Å². The van der Waals surface area contributed by atoms with Crippen LogP contribution in [0, 0.1) is 0 Å². The van der Waals surface area contributed by atoms with Gasteiger partial charge in [-0.1, -0.05) is 44.9 Å². The largest absolute Gasteiger partial charge is 0.480 e. The zero-order valence-corrected chi connectivity index (χ0v) is 14.6. The van der Waals surface area contributed by atoms with E-state index in [2.05, 4.69) is 53.8 Å². The topological polar surface area (TPSA) is 87.1 Å². The van der Waals surface area contributed by atoms with Crippen molar-refractivity contribution in [1.82, 2.24) is 0 Å². The number of para-hydroxylation sites is 1. The molecule has 136 valence electrons. The first kappa shape index (κ1) is 21.9. The van der Waals surface area contributed by atoms with E-state index in [9.17, 15) is 9.59 Å². The van der Waals surface area contributed by atoms with Gasteiger partial charge in [0.2, 0.25) is 0 Å². The molecular formula is C18H29NO5. The first-order valence-corrected chi connectivity index (χ1v) is 8.32. The lowest BCUT2D eigenvalue weighted by Crippen LogP contribution is -2.25. The van der Waals surface area contributed by atoms with Crippen LogP contribution in [0.5, 0.6) is 0 Å². The summed E-state index contributed by atoms with van der Waals surface area (Å²) in [5.41, 5.74) is 1.37. The molecule has 0 saturated carbocycles. The van der Waals surface area contributed by atoms with Crippen LogP contribution in [0.3, 0.4) is 0 Å². The highest BCUT2D eigenvalue weighted by atomic mass is 16.5. The Labute approximate surface area is 144 Å². The Bertz CT molecular complexity index is 428. The third kappa shape index (κ3) is 12.5. The molecule has 6 nitrogen and oxygen atoms in total. The molecule has 0 saturated heterocycles. The van der Waals surface area contributed by atoms with Crippen molar-refractivity contribution in [3.63, 3.8) is 0 Å². The fourth-order valence-electron chi connectivity index (χ4n) is 1.93. The van der Waals surface area contributed by atoms with Crippen LogP contribution in [-0.4, -0.2) is 48.5 Å². The normalized spacial score (nSPS) is 9.75. The van der Waals surface area contributed by atoms with Crippen LogP contribution in [-0.2, 0) is 14.3 Å². The van der Waals surface area contributed by atoms with Crippen molar-refractivity contribution >= 4 is 17.6 Å². The van der Waals surface area contributed by atoms with Gasteiger partial charge in [0.25, 0.3) is 0 Å². The summed E-state index contributed by atoms with van der Waals surface area (Å²) in [6.07, 6.45) is 5.13. The van der Waals surface area contributed by atoms with Crippen molar-refractivity contribution in [1.29, 1.82) is 0 Å². The van der Waals surface area contributed by atoms with E-state index in [4.69, 9.17) is 10.2 Å². The highest BCUT2D eigenvalue weighted by molar-refractivity contribution is 5.70. The number of carboxylic acid groups (broad SMARTS) is 2. The smallest absolute Gasteiger partial charge is 0.329 e. The van der Waals surface area contributed by atoms with Crippen LogP contribution in [0.2, 0.25) is 0 Å². The van der Waals surface area contributed by atoms with Crippen molar-refractivity contribution in [3.05, 3.63) is 30.3 Å². The molecule has 0 aliphatic heterocycles. The minimum atomic E-state index is -1.17. The predicted octanol–water partition coefficient (Wildman–Crippen LogP) is 3.27. The van der Waals surface area contributed by atoms with E-state index >= 15 is 0 Å². The summed E-state index contributed by atoms with van der Waals surface area (Å²) in [4.78, 5) is 21.8. The fraction of sp³-hybridized carbons (Fsp3) is 0.556. The average molecular weight is 339 g/mol. The number of hydrogen-bond acceptors (Lipinski definition) is 4. The van der Waals surface area contributed by atoms with Crippen LogP contribution in [0.25, 0.3) is 0 Å². The van der Waals surface area contributed by atoms with Gasteiger partial charge in [-0.2, -0.15) is 0 Å². The Morgan fingerprint density at radius 1 is 0.917 bits per heavy atom. The molecule has 1 rings (SSSR count). The number of carbonyl (C=O) groups is 2. The van der Waals surface area contributed by atoms with E-state index < -0.39 is 25.2 Å². The van der Waals surface area contributed by atoms with Crippen LogP contribution in [0.1, 0.15) is 39.5 Å². The average Bonchev–Trinajstić information content (AvgIpc) is 2.56. The summed E-state index contributed by atoms with van der Waals surface area (Å²) >= 11 is 0. The molecule has 0 heterocycles. The number of nitrogens with zero attached hydrogens (tertiary/aromatic N) is 1. The van der Waals surface area contributed by atoms with Crippen molar-refractivity contribution in [2.45, 2.75) is 39.5 Å². The number of anilines is 1. The van der Waals surface area contributed by atoms with Gasteiger partial charge in [-0.25, -0.2) is 9.59 Å². The van der Waals surface area contributed by atoms with Crippen molar-refractivity contribution < 1.29 is 24.5 Å². The Balaban J connectivity index is 0.000000506. The Morgan fingerprint density at radius 2 is 1.38 bits per heavy atom. The van der Waals surface area contributed by atoms with Crippen molar-refractivity contribution in [2.75, 3.05) is 31.2 Å². The summed E-state index contributed by atoms with van der Waals surface area (Å²) in [5.74, 6) is -2.34. The Hall–Kier alpha value is -2.08. The second kappa shape index (κ2) is 14.5. The maximum absolute atomic E-state index is 9.66. The van der Waals surface area contributed by atoms with E-state index in [-0.39, 0.29) is 0 Å². The maximum atomic E-state index is 9.66. The van der Waals surface area contributed by atoms with Gasteiger partial charge in [0.15, 0.2) is 0 Å². The molecule has 0 spiro atoms. The van der Waals surface area contributed by atoms with Gasteiger partial charge in [0.05, 0.1) is 0 Å². The van der Waals surface area contributed by atoms with Gasteiger partial charge in [-0.3, -0.25) is 0 Å². The van der Waals surface area contributed by atoms with E-state index in [1.807, 2.05) is 0 Å². The van der Waals surface area contributed by atoms with Crippen LogP contribution in [0.4, 0.5) is 5.69 Å². The Kier molecular flexibility index (Phi) is 13.3. The van der Waals surface area contributed by atoms with Gasteiger partial charge in [-0.05, 0) is 25.0 Å². The molecule has 0 aromatic heterocycles. The van der Waals surface area contributed by atoms with Gasteiger partial charge in [0.1, 0.15) is 13.2 Å². The first-order chi connectivity index (χ1) is 11.5. The van der Waals surface area contributed by atoms with Crippen molar-refractivity contribution in [3.8, 4) is 0 Å². The number of ether oxygens (including phenoxy) is 1. The van der Waals surface area contributed by atoms with E-state index in [0.717, 1.165) is 0 Å². The number of aliphatic carboxylic acids is 2. The molecule has 2 N–H and O–H groups in total. The minimum Gasteiger partial charge on any atom is -0.480 e. The molecule has 0 aliphatic carbocycles. The van der Waals surface area contributed by atoms with E-state index in [0.29, 0.717) is 0 Å². The van der Waals surface area contributed by atoms with Gasteiger partial charge < -0.3 is 19.8 Å². The van der Waals surface area contributed by atoms with Gasteiger partial charge in [0, 0.05) is 18.8 Å². The molecule has 6 heteroatoms. The summed E-state index contributed by atoms with van der Waals surface area (Å²) in [6.45, 7) is 5.77. The number of carboxylic acids is 2. The molecule has 0 fully saturated rings. The molecule has 0 unspecified atom stereocenters. The number of hydrogen-bond donors (Lipinski definition) is 2. The van der Waals surface area contributed by atoms with Crippen molar-refractivity contribution in [2.24, 2.45) is 0 Å². The summed E-state index contributed by atoms with van der Waals surface area (Å²) < 4.78 is 4.16. The number of benzene rings is 1. The molecule has 0 radical (unpaired) electrons. The first-order valence-electron chi connectivity index (χ1n) is 8.32. The zero-order chi connectivity index (χ0) is 18.2. The highest BCUT2D eigenvalue weighted by Gasteiger charge is 2.03. The predicted molar refractivity (Wildman–Crippen MR) is 94.6 cm³/mol. The summed E-state index contributed by atoms with van der Waals surface area (Å²) in [6, 6.07) is 10.8. The lowest BCUT2D eigenvalue weighted by atomic mass is 10.2. The van der Waals surface area contributed by atoms with Crippen LogP contribution < -0.4 is 4.90 Å². The fourth-order valence-corrected chi connectivity index (χ4v) is 1.93. The molecular weight excluding hydrogens is 310 g/mol. The zero-order valence-electron chi connectivity index (χ0n) is 14.6. The molecule has 0 atom stereocenters. The Morgan fingerprint density at radius 3 is 1.75 bits per heavy atom. The minimum absolute atomic E-state index is 0.563. The van der Waals surface area contributed by atoms with Gasteiger partial charge in [-0.15, -0.1) is 0 Å². The lowest BCUT2D eigenvalue weighted by Gasteiger charge is -2.24. The second-order valence-corrected chi connectivity index (χ2v) is 5.31. The second-order valence-electron chi connectivity index (χ2n) is 5.31.